The highest BCUT2D eigenvalue weighted by Crippen LogP contribution is 2.43. The molecule has 0 aliphatic heterocycles. The number of hydrogen-bond donors (Lipinski definition) is 0. The van der Waals surface area contributed by atoms with E-state index in [1.807, 2.05) is 66.7 Å². The van der Waals surface area contributed by atoms with Gasteiger partial charge in [0.15, 0.2) is 17.5 Å². The minimum Gasteiger partial charge on any atom is -0.456 e. The molecule has 0 bridgehead atoms. The van der Waals surface area contributed by atoms with Crippen molar-refractivity contribution in [2.45, 2.75) is 0 Å². The summed E-state index contributed by atoms with van der Waals surface area (Å²) in [6.45, 7) is 0. The molecule has 0 aliphatic carbocycles. The van der Waals surface area contributed by atoms with Crippen molar-refractivity contribution >= 4 is 43.7 Å². The molecule has 0 saturated carbocycles. The van der Waals surface area contributed by atoms with Gasteiger partial charge >= 0.3 is 0 Å². The number of aromatic nitrogens is 5. The number of fused-ring (bicyclic) bond motifs is 7. The van der Waals surface area contributed by atoms with Crippen LogP contribution in [0, 0.1) is 0 Å². The standard InChI is InChI=1S/C44H27N5O/c1-3-13-28(14-4-1)29-15-11-16-30(27-29)42-46-43(48-44(47-42)35-21-9-10-26-45-35)34-20-12-23-37-39(34)40-38(50-37)25-24-33-32-19-7-8-22-36(32)49(41(33)40)31-17-5-2-6-18-31/h1-27H. The van der Waals surface area contributed by atoms with Crippen molar-refractivity contribution in [3.8, 4) is 51.1 Å². The van der Waals surface area contributed by atoms with E-state index < -0.39 is 0 Å². The molecule has 0 radical (unpaired) electrons. The second kappa shape index (κ2) is 11.4. The fourth-order valence-electron chi connectivity index (χ4n) is 7.09. The number of benzene rings is 6. The number of pyridine rings is 1. The van der Waals surface area contributed by atoms with Crippen LogP contribution >= 0.6 is 0 Å². The Labute approximate surface area is 287 Å². The molecule has 10 aromatic rings. The third kappa shape index (κ3) is 4.50. The molecule has 0 aliphatic rings. The fourth-order valence-corrected chi connectivity index (χ4v) is 7.09. The normalized spacial score (nSPS) is 11.6. The molecule has 0 unspecified atom stereocenters. The summed E-state index contributed by atoms with van der Waals surface area (Å²) in [7, 11) is 0. The van der Waals surface area contributed by atoms with Crippen molar-refractivity contribution in [2.75, 3.05) is 0 Å². The Kier molecular flexibility index (Phi) is 6.39. The molecule has 234 valence electrons. The molecule has 6 aromatic carbocycles. The lowest BCUT2D eigenvalue weighted by molar-refractivity contribution is 0.669. The van der Waals surface area contributed by atoms with Crippen LogP contribution in [-0.2, 0) is 0 Å². The van der Waals surface area contributed by atoms with Crippen molar-refractivity contribution in [3.05, 3.63) is 164 Å². The summed E-state index contributed by atoms with van der Waals surface area (Å²) in [4.78, 5) is 19.9. The van der Waals surface area contributed by atoms with E-state index in [-0.39, 0.29) is 0 Å². The summed E-state index contributed by atoms with van der Waals surface area (Å²) in [5.41, 5.74) is 9.49. The van der Waals surface area contributed by atoms with Gasteiger partial charge in [-0.3, -0.25) is 4.98 Å². The molecular formula is C44H27N5O. The molecule has 0 spiro atoms. The number of nitrogens with zero attached hydrogens (tertiary/aromatic N) is 5. The summed E-state index contributed by atoms with van der Waals surface area (Å²) in [6.07, 6.45) is 1.76. The summed E-state index contributed by atoms with van der Waals surface area (Å²) < 4.78 is 8.95. The van der Waals surface area contributed by atoms with Crippen LogP contribution in [0.5, 0.6) is 0 Å². The van der Waals surface area contributed by atoms with E-state index in [0.29, 0.717) is 23.2 Å². The van der Waals surface area contributed by atoms with E-state index in [1.165, 1.54) is 5.39 Å². The lowest BCUT2D eigenvalue weighted by atomic mass is 10.0. The van der Waals surface area contributed by atoms with Gasteiger partial charge in [-0.15, -0.1) is 0 Å². The highest BCUT2D eigenvalue weighted by atomic mass is 16.3. The molecule has 50 heavy (non-hydrogen) atoms. The highest BCUT2D eigenvalue weighted by Gasteiger charge is 2.23. The quantitative estimate of drug-likeness (QED) is 0.187. The number of furan rings is 1. The van der Waals surface area contributed by atoms with Crippen LogP contribution in [-0.4, -0.2) is 24.5 Å². The fraction of sp³-hybridized carbons (Fsp3) is 0. The Morgan fingerprint density at radius 2 is 1.16 bits per heavy atom. The Morgan fingerprint density at radius 1 is 0.460 bits per heavy atom. The zero-order valence-corrected chi connectivity index (χ0v) is 26.7. The predicted molar refractivity (Wildman–Crippen MR) is 201 cm³/mol. The van der Waals surface area contributed by atoms with Gasteiger partial charge in [0.25, 0.3) is 0 Å². The van der Waals surface area contributed by atoms with Crippen LogP contribution in [0.3, 0.4) is 0 Å². The number of rotatable bonds is 5. The van der Waals surface area contributed by atoms with Gasteiger partial charge < -0.3 is 8.98 Å². The van der Waals surface area contributed by atoms with Crippen molar-refractivity contribution < 1.29 is 4.42 Å². The van der Waals surface area contributed by atoms with Crippen LogP contribution in [0.25, 0.3) is 94.9 Å². The van der Waals surface area contributed by atoms with Crippen LogP contribution < -0.4 is 0 Å². The monoisotopic (exact) mass is 641 g/mol. The molecule has 4 aromatic heterocycles. The second-order valence-electron chi connectivity index (χ2n) is 12.3. The molecule has 0 amide bonds. The molecule has 10 rings (SSSR count). The molecule has 6 heteroatoms. The summed E-state index contributed by atoms with van der Waals surface area (Å²) in [5, 5.41) is 4.30. The van der Waals surface area contributed by atoms with Gasteiger partial charge in [0.2, 0.25) is 0 Å². The first kappa shape index (κ1) is 28.1. The maximum Gasteiger partial charge on any atom is 0.182 e. The Morgan fingerprint density at radius 3 is 2.02 bits per heavy atom. The first-order valence-electron chi connectivity index (χ1n) is 16.6. The maximum absolute atomic E-state index is 6.61. The molecule has 0 atom stereocenters. The predicted octanol–water partition coefficient (Wildman–Crippen LogP) is 10.9. The molecule has 0 N–H and O–H groups in total. The first-order valence-corrected chi connectivity index (χ1v) is 16.6. The van der Waals surface area contributed by atoms with Gasteiger partial charge in [0.1, 0.15) is 16.9 Å². The molecular weight excluding hydrogens is 615 g/mol. The minimum atomic E-state index is 0.504. The van der Waals surface area contributed by atoms with Crippen LogP contribution in [0.15, 0.2) is 168 Å². The summed E-state index contributed by atoms with van der Waals surface area (Å²) in [6, 6.07) is 53.8. The second-order valence-corrected chi connectivity index (χ2v) is 12.3. The maximum atomic E-state index is 6.61. The van der Waals surface area contributed by atoms with E-state index in [9.17, 15) is 0 Å². The van der Waals surface area contributed by atoms with Gasteiger partial charge in [0.05, 0.1) is 16.4 Å². The van der Waals surface area contributed by atoms with E-state index in [2.05, 4.69) is 101 Å². The van der Waals surface area contributed by atoms with Gasteiger partial charge in [-0.2, -0.15) is 0 Å². The van der Waals surface area contributed by atoms with E-state index in [1.54, 1.807) is 6.20 Å². The highest BCUT2D eigenvalue weighted by molar-refractivity contribution is 6.26. The Balaban J connectivity index is 1.28. The molecule has 6 nitrogen and oxygen atoms in total. The zero-order chi connectivity index (χ0) is 33.0. The van der Waals surface area contributed by atoms with Crippen molar-refractivity contribution in [1.82, 2.24) is 24.5 Å². The summed E-state index contributed by atoms with van der Waals surface area (Å²) in [5.74, 6) is 1.62. The minimum absolute atomic E-state index is 0.504. The van der Waals surface area contributed by atoms with Gasteiger partial charge in [0, 0.05) is 39.2 Å². The summed E-state index contributed by atoms with van der Waals surface area (Å²) >= 11 is 0. The Hall–Kier alpha value is -6.92. The topological polar surface area (TPSA) is 69.6 Å². The van der Waals surface area contributed by atoms with E-state index >= 15 is 0 Å². The third-order valence-corrected chi connectivity index (χ3v) is 9.31. The first-order chi connectivity index (χ1) is 24.8. The van der Waals surface area contributed by atoms with Gasteiger partial charge in [-0.1, -0.05) is 103 Å². The average Bonchev–Trinajstić information content (AvgIpc) is 3.75. The number of para-hydroxylation sites is 2. The Bertz CT molecular complexity index is 2860. The van der Waals surface area contributed by atoms with Crippen LogP contribution in [0.2, 0.25) is 0 Å². The molecule has 0 saturated heterocycles. The SMILES string of the molecule is c1ccc(-c2cccc(-c3nc(-c4ccccn4)nc(-c4cccc5oc6ccc7c8ccccc8n(-c8ccccc8)c7c6c45)n3)c2)cc1. The third-order valence-electron chi connectivity index (χ3n) is 9.31. The van der Waals surface area contributed by atoms with Gasteiger partial charge in [-0.25, -0.2) is 15.0 Å². The largest absolute Gasteiger partial charge is 0.456 e. The molecule has 4 heterocycles. The van der Waals surface area contributed by atoms with Crippen molar-refractivity contribution in [3.63, 3.8) is 0 Å². The lowest BCUT2D eigenvalue weighted by Gasteiger charge is -2.11. The van der Waals surface area contributed by atoms with Crippen molar-refractivity contribution in [1.29, 1.82) is 0 Å². The smallest absolute Gasteiger partial charge is 0.182 e. The lowest BCUT2D eigenvalue weighted by Crippen LogP contribution is -2.01. The molecule has 0 fully saturated rings. The van der Waals surface area contributed by atoms with Crippen LogP contribution in [0.4, 0.5) is 0 Å². The van der Waals surface area contributed by atoms with E-state index in [4.69, 9.17) is 19.4 Å². The average molecular weight is 642 g/mol. The number of hydrogen-bond acceptors (Lipinski definition) is 5. The van der Waals surface area contributed by atoms with Crippen LogP contribution in [0.1, 0.15) is 0 Å². The van der Waals surface area contributed by atoms with Crippen molar-refractivity contribution in [2.24, 2.45) is 0 Å². The van der Waals surface area contributed by atoms with Gasteiger partial charge in [-0.05, 0) is 65.7 Å². The van der Waals surface area contributed by atoms with E-state index in [0.717, 1.165) is 66.3 Å². The zero-order valence-electron chi connectivity index (χ0n) is 26.7.